The predicted octanol–water partition coefficient (Wildman–Crippen LogP) is 2.50. The van der Waals surface area contributed by atoms with E-state index in [1.165, 1.54) is 6.92 Å². The Morgan fingerprint density at radius 3 is 2.84 bits per heavy atom. The minimum atomic E-state index is -0.503. The average molecular weight is 434 g/mol. The molecule has 0 unspecified atom stereocenters. The van der Waals surface area contributed by atoms with Gasteiger partial charge in [0.15, 0.2) is 0 Å². The van der Waals surface area contributed by atoms with E-state index in [1.807, 2.05) is 30.9 Å². The first kappa shape index (κ1) is 19.2. The number of hydrogen-bond acceptors (Lipinski definition) is 8. The fourth-order valence-electron chi connectivity index (χ4n) is 3.81. The molecule has 0 spiro atoms. The zero-order valence-corrected chi connectivity index (χ0v) is 17.8. The summed E-state index contributed by atoms with van der Waals surface area (Å²) in [6.07, 6.45) is 7.50. The SMILES string of the molecule is CC(=O)N1CC(CC#N)(n2cc(-c3nc(Nc4cnn(C)c4)nc4ccsc34)cn2)C1. The van der Waals surface area contributed by atoms with Gasteiger partial charge in [-0.25, -0.2) is 9.97 Å². The lowest BCUT2D eigenvalue weighted by Gasteiger charge is -2.48. The molecule has 1 N–H and O–H groups in total. The van der Waals surface area contributed by atoms with Crippen molar-refractivity contribution in [3.05, 3.63) is 36.2 Å². The van der Waals surface area contributed by atoms with Crippen LogP contribution < -0.4 is 5.32 Å². The zero-order valence-electron chi connectivity index (χ0n) is 17.0. The first-order valence-electron chi connectivity index (χ1n) is 9.66. The fourth-order valence-corrected chi connectivity index (χ4v) is 4.65. The van der Waals surface area contributed by atoms with Gasteiger partial charge in [0.1, 0.15) is 5.54 Å². The number of aryl methyl sites for hydroxylation is 1. The van der Waals surface area contributed by atoms with Gasteiger partial charge in [0.05, 0.1) is 46.5 Å². The van der Waals surface area contributed by atoms with Gasteiger partial charge < -0.3 is 10.2 Å². The second-order valence-electron chi connectivity index (χ2n) is 7.67. The number of amides is 1. The molecule has 11 heteroatoms. The number of hydrogen-bond donors (Lipinski definition) is 1. The van der Waals surface area contributed by atoms with E-state index in [1.54, 1.807) is 38.0 Å². The van der Waals surface area contributed by atoms with Gasteiger partial charge in [-0.2, -0.15) is 15.5 Å². The van der Waals surface area contributed by atoms with Gasteiger partial charge in [-0.1, -0.05) is 0 Å². The Kier molecular flexibility index (Phi) is 4.44. The van der Waals surface area contributed by atoms with Crippen molar-refractivity contribution in [2.75, 3.05) is 18.4 Å². The number of likely N-dealkylation sites (tertiary alicyclic amines) is 1. The van der Waals surface area contributed by atoms with Crippen molar-refractivity contribution in [1.82, 2.24) is 34.4 Å². The highest BCUT2D eigenvalue weighted by Crippen LogP contribution is 2.36. The number of nitrogens with zero attached hydrogens (tertiary/aromatic N) is 8. The van der Waals surface area contributed by atoms with Crippen LogP contribution in [0.3, 0.4) is 0 Å². The van der Waals surface area contributed by atoms with E-state index in [2.05, 4.69) is 26.6 Å². The van der Waals surface area contributed by atoms with Gasteiger partial charge >= 0.3 is 0 Å². The predicted molar refractivity (Wildman–Crippen MR) is 116 cm³/mol. The summed E-state index contributed by atoms with van der Waals surface area (Å²) < 4.78 is 4.47. The Morgan fingerprint density at radius 1 is 1.29 bits per heavy atom. The van der Waals surface area contributed by atoms with E-state index in [0.29, 0.717) is 19.0 Å². The van der Waals surface area contributed by atoms with E-state index in [0.717, 1.165) is 27.2 Å². The second kappa shape index (κ2) is 7.17. The molecule has 4 aromatic rings. The third-order valence-corrected chi connectivity index (χ3v) is 6.34. The lowest BCUT2D eigenvalue weighted by Crippen LogP contribution is -2.63. The summed E-state index contributed by atoms with van der Waals surface area (Å²) in [4.78, 5) is 22.7. The molecule has 0 bridgehead atoms. The third kappa shape index (κ3) is 3.30. The smallest absolute Gasteiger partial charge is 0.228 e. The Morgan fingerprint density at radius 2 is 2.13 bits per heavy atom. The Labute approximate surface area is 181 Å². The molecule has 1 fully saturated rings. The largest absolute Gasteiger partial charge is 0.338 e. The van der Waals surface area contributed by atoms with Crippen molar-refractivity contribution in [2.45, 2.75) is 18.9 Å². The molecule has 0 saturated carbocycles. The molecular weight excluding hydrogens is 414 g/mol. The molecule has 1 aliphatic heterocycles. The average Bonchev–Trinajstić information content (AvgIpc) is 3.44. The maximum Gasteiger partial charge on any atom is 0.228 e. The van der Waals surface area contributed by atoms with Crippen molar-refractivity contribution in [3.63, 3.8) is 0 Å². The van der Waals surface area contributed by atoms with Gasteiger partial charge in [-0.15, -0.1) is 11.3 Å². The quantitative estimate of drug-likeness (QED) is 0.514. The van der Waals surface area contributed by atoms with Crippen LogP contribution in [-0.4, -0.2) is 53.4 Å². The molecule has 1 aliphatic rings. The number of nitriles is 1. The van der Waals surface area contributed by atoms with E-state index in [4.69, 9.17) is 4.98 Å². The van der Waals surface area contributed by atoms with E-state index in [-0.39, 0.29) is 12.3 Å². The summed E-state index contributed by atoms with van der Waals surface area (Å²) in [6.45, 7) is 2.49. The highest BCUT2D eigenvalue weighted by atomic mass is 32.1. The minimum Gasteiger partial charge on any atom is -0.338 e. The molecule has 4 aromatic heterocycles. The summed E-state index contributed by atoms with van der Waals surface area (Å²) >= 11 is 1.57. The molecule has 0 aromatic carbocycles. The van der Waals surface area contributed by atoms with Crippen LogP contribution in [0.25, 0.3) is 21.5 Å². The maximum absolute atomic E-state index is 11.7. The van der Waals surface area contributed by atoms with Crippen LogP contribution >= 0.6 is 11.3 Å². The normalized spacial score (nSPS) is 14.9. The standard InChI is InChI=1S/C20H19N9OS/c1-13(30)28-11-20(12-28,4-5-21)29-9-14(7-23-29)17-18-16(3-6-31-18)25-19(26-17)24-15-8-22-27(2)10-15/h3,6-10H,4,11-12H2,1-2H3,(H,24,25,26). The number of fused-ring (bicyclic) bond motifs is 1. The van der Waals surface area contributed by atoms with Crippen LogP contribution in [0.4, 0.5) is 11.6 Å². The number of aromatic nitrogens is 6. The Balaban J connectivity index is 1.51. The van der Waals surface area contributed by atoms with Crippen LogP contribution in [0, 0.1) is 11.3 Å². The third-order valence-electron chi connectivity index (χ3n) is 5.43. The molecule has 1 saturated heterocycles. The maximum atomic E-state index is 11.7. The fraction of sp³-hybridized carbons (Fsp3) is 0.300. The summed E-state index contributed by atoms with van der Waals surface area (Å²) in [5, 5.41) is 23.2. The molecule has 0 radical (unpaired) electrons. The van der Waals surface area contributed by atoms with Crippen LogP contribution in [0.2, 0.25) is 0 Å². The molecule has 0 aliphatic carbocycles. The van der Waals surface area contributed by atoms with Crippen molar-refractivity contribution in [2.24, 2.45) is 7.05 Å². The van der Waals surface area contributed by atoms with Crippen molar-refractivity contribution in [3.8, 4) is 17.3 Å². The van der Waals surface area contributed by atoms with Crippen molar-refractivity contribution in [1.29, 1.82) is 5.26 Å². The zero-order chi connectivity index (χ0) is 21.6. The van der Waals surface area contributed by atoms with Gasteiger partial charge in [0, 0.05) is 45.0 Å². The first-order valence-corrected chi connectivity index (χ1v) is 10.5. The van der Waals surface area contributed by atoms with Crippen LogP contribution in [0.15, 0.2) is 36.2 Å². The molecule has 1 amide bonds. The lowest BCUT2D eigenvalue weighted by molar-refractivity contribution is -0.140. The summed E-state index contributed by atoms with van der Waals surface area (Å²) in [7, 11) is 1.85. The molecule has 0 atom stereocenters. The first-order chi connectivity index (χ1) is 15.0. The van der Waals surface area contributed by atoms with Gasteiger partial charge in [0.2, 0.25) is 11.9 Å². The van der Waals surface area contributed by atoms with Crippen LogP contribution in [0.1, 0.15) is 13.3 Å². The number of carbonyl (C=O) groups is 1. The molecule has 10 nitrogen and oxygen atoms in total. The Hall–Kier alpha value is -3.78. The number of anilines is 2. The van der Waals surface area contributed by atoms with Gasteiger partial charge in [-0.3, -0.25) is 14.2 Å². The van der Waals surface area contributed by atoms with Gasteiger partial charge in [-0.05, 0) is 11.4 Å². The van der Waals surface area contributed by atoms with Crippen molar-refractivity contribution < 1.29 is 4.79 Å². The van der Waals surface area contributed by atoms with E-state index in [9.17, 15) is 10.1 Å². The van der Waals surface area contributed by atoms with E-state index < -0.39 is 5.54 Å². The topological polar surface area (TPSA) is 118 Å². The van der Waals surface area contributed by atoms with Crippen LogP contribution in [0.5, 0.6) is 0 Å². The highest BCUT2D eigenvalue weighted by molar-refractivity contribution is 7.17. The lowest BCUT2D eigenvalue weighted by atomic mass is 9.87. The summed E-state index contributed by atoms with van der Waals surface area (Å²) in [5.41, 5.74) is 2.74. The summed E-state index contributed by atoms with van der Waals surface area (Å²) in [5.74, 6) is 0.475. The summed E-state index contributed by atoms with van der Waals surface area (Å²) in [6, 6.07) is 4.20. The van der Waals surface area contributed by atoms with Gasteiger partial charge in [0.25, 0.3) is 0 Å². The molecular formula is C20H19N9OS. The highest BCUT2D eigenvalue weighted by Gasteiger charge is 2.46. The van der Waals surface area contributed by atoms with E-state index >= 15 is 0 Å². The van der Waals surface area contributed by atoms with Crippen molar-refractivity contribution >= 4 is 39.1 Å². The number of carbonyl (C=O) groups excluding carboxylic acids is 1. The minimum absolute atomic E-state index is 0.00292. The number of nitrogens with one attached hydrogen (secondary N) is 1. The molecule has 5 rings (SSSR count). The monoisotopic (exact) mass is 433 g/mol. The number of rotatable bonds is 5. The molecule has 5 heterocycles. The second-order valence-corrected chi connectivity index (χ2v) is 8.58. The Bertz CT molecular complexity index is 1320. The number of thiophene rings is 1. The van der Waals surface area contributed by atoms with Crippen LogP contribution in [-0.2, 0) is 17.4 Å². The molecule has 156 valence electrons. The molecule has 31 heavy (non-hydrogen) atoms.